The third-order valence-electron chi connectivity index (χ3n) is 2.64. The molecule has 0 bridgehead atoms. The summed E-state index contributed by atoms with van der Waals surface area (Å²) in [6, 6.07) is 12.3. The predicted molar refractivity (Wildman–Crippen MR) is 72.4 cm³/mol. The molecule has 2 aromatic carbocycles. The number of benzene rings is 2. The van der Waals surface area contributed by atoms with Gasteiger partial charge < -0.3 is 5.32 Å². The van der Waals surface area contributed by atoms with E-state index < -0.39 is 11.7 Å². The number of nitrogens with two attached hydrogens (primary N) is 1. The number of halogens is 1. The molecule has 0 atom stereocenters. The molecule has 2 aromatic rings. The molecule has 5 nitrogen and oxygen atoms in total. The number of hydrogen-bond donors (Lipinski definition) is 3. The number of rotatable bonds is 3. The van der Waals surface area contributed by atoms with Crippen LogP contribution in [0.1, 0.15) is 20.7 Å². The summed E-state index contributed by atoms with van der Waals surface area (Å²) in [5, 5.41) is 2.54. The first-order valence-corrected chi connectivity index (χ1v) is 5.78. The zero-order valence-electron chi connectivity index (χ0n) is 10.4. The molecule has 0 heterocycles. The van der Waals surface area contributed by atoms with Crippen LogP contribution in [0.5, 0.6) is 0 Å². The Hall–Kier alpha value is -2.73. The van der Waals surface area contributed by atoms with Gasteiger partial charge in [-0.1, -0.05) is 18.2 Å². The Kier molecular flexibility index (Phi) is 4.07. The van der Waals surface area contributed by atoms with Gasteiger partial charge in [0.15, 0.2) is 0 Å². The average molecular weight is 273 g/mol. The van der Waals surface area contributed by atoms with E-state index in [4.69, 9.17) is 5.84 Å². The van der Waals surface area contributed by atoms with Crippen molar-refractivity contribution >= 4 is 17.5 Å². The minimum absolute atomic E-state index is 0.190. The summed E-state index contributed by atoms with van der Waals surface area (Å²) in [4.78, 5) is 23.1. The first-order chi connectivity index (χ1) is 9.61. The zero-order chi connectivity index (χ0) is 14.5. The third-order valence-corrected chi connectivity index (χ3v) is 2.64. The second kappa shape index (κ2) is 5.94. The fraction of sp³-hybridized carbons (Fsp3) is 0. The highest BCUT2D eigenvalue weighted by molar-refractivity contribution is 6.04. The molecule has 0 spiro atoms. The molecule has 4 N–H and O–H groups in total. The van der Waals surface area contributed by atoms with Crippen molar-refractivity contribution in [3.8, 4) is 0 Å². The van der Waals surface area contributed by atoms with Gasteiger partial charge in [0, 0.05) is 11.3 Å². The summed E-state index contributed by atoms with van der Waals surface area (Å²) in [6.07, 6.45) is 0. The molecule has 0 aliphatic rings. The molecule has 102 valence electrons. The van der Waals surface area contributed by atoms with Crippen LogP contribution in [0.2, 0.25) is 0 Å². The zero-order valence-corrected chi connectivity index (χ0v) is 10.4. The molecule has 0 fully saturated rings. The van der Waals surface area contributed by atoms with E-state index in [9.17, 15) is 14.0 Å². The number of carbonyl (C=O) groups is 2. The lowest BCUT2D eigenvalue weighted by Gasteiger charge is -2.07. The summed E-state index contributed by atoms with van der Waals surface area (Å²) in [5.41, 5.74) is 2.36. The minimum atomic E-state index is -0.765. The highest BCUT2D eigenvalue weighted by Crippen LogP contribution is 2.15. The van der Waals surface area contributed by atoms with Gasteiger partial charge in [-0.2, -0.15) is 0 Å². The van der Waals surface area contributed by atoms with Crippen LogP contribution in [-0.4, -0.2) is 11.8 Å². The van der Waals surface area contributed by atoms with Gasteiger partial charge in [-0.25, -0.2) is 10.2 Å². The van der Waals surface area contributed by atoms with Gasteiger partial charge in [-0.3, -0.25) is 15.0 Å². The summed E-state index contributed by atoms with van der Waals surface area (Å²) in [5.74, 6) is 3.07. The highest BCUT2D eigenvalue weighted by Gasteiger charge is 2.12. The molecule has 2 rings (SSSR count). The molecule has 0 aliphatic carbocycles. The molecular formula is C14H12FN3O2. The summed E-state index contributed by atoms with van der Waals surface area (Å²) < 4.78 is 13.7. The second-order valence-electron chi connectivity index (χ2n) is 3.99. The fourth-order valence-electron chi connectivity index (χ4n) is 1.65. The summed E-state index contributed by atoms with van der Waals surface area (Å²) >= 11 is 0. The molecule has 20 heavy (non-hydrogen) atoms. The lowest BCUT2D eigenvalue weighted by Crippen LogP contribution is -2.30. The highest BCUT2D eigenvalue weighted by atomic mass is 19.1. The molecule has 6 heteroatoms. The Morgan fingerprint density at radius 1 is 1.00 bits per heavy atom. The average Bonchev–Trinajstić information content (AvgIpc) is 2.47. The van der Waals surface area contributed by atoms with Crippen molar-refractivity contribution in [2.45, 2.75) is 0 Å². The van der Waals surface area contributed by atoms with Gasteiger partial charge in [0.2, 0.25) is 0 Å². The first-order valence-electron chi connectivity index (χ1n) is 5.78. The van der Waals surface area contributed by atoms with Crippen LogP contribution in [0.15, 0.2) is 48.5 Å². The maximum Gasteiger partial charge on any atom is 0.268 e. The van der Waals surface area contributed by atoms with Crippen molar-refractivity contribution < 1.29 is 14.0 Å². The smallest absolute Gasteiger partial charge is 0.268 e. The molecular weight excluding hydrogens is 261 g/mol. The Bertz CT molecular complexity index is 644. The van der Waals surface area contributed by atoms with E-state index in [1.807, 2.05) is 5.43 Å². The number of anilines is 1. The lowest BCUT2D eigenvalue weighted by molar-refractivity contribution is 0.0949. The Labute approximate surface area is 114 Å². The van der Waals surface area contributed by atoms with Crippen molar-refractivity contribution in [3.63, 3.8) is 0 Å². The van der Waals surface area contributed by atoms with Crippen LogP contribution in [0.3, 0.4) is 0 Å². The van der Waals surface area contributed by atoms with E-state index >= 15 is 0 Å². The molecule has 0 aliphatic heterocycles. The minimum Gasteiger partial charge on any atom is -0.322 e. The summed E-state index contributed by atoms with van der Waals surface area (Å²) in [7, 11) is 0. The van der Waals surface area contributed by atoms with Gasteiger partial charge in [-0.15, -0.1) is 0 Å². The Balaban J connectivity index is 2.17. The number of amides is 2. The van der Waals surface area contributed by atoms with Gasteiger partial charge in [0.25, 0.3) is 11.8 Å². The maximum atomic E-state index is 13.7. The van der Waals surface area contributed by atoms with E-state index in [1.54, 1.807) is 30.3 Å². The van der Waals surface area contributed by atoms with Crippen LogP contribution < -0.4 is 16.6 Å². The SMILES string of the molecule is NNC(=O)c1ccc(NC(=O)c2ccccc2)cc1F. The Morgan fingerprint density at radius 3 is 2.30 bits per heavy atom. The second-order valence-corrected chi connectivity index (χ2v) is 3.99. The van der Waals surface area contributed by atoms with E-state index in [0.29, 0.717) is 5.56 Å². The van der Waals surface area contributed by atoms with E-state index in [2.05, 4.69) is 5.32 Å². The molecule has 0 aromatic heterocycles. The van der Waals surface area contributed by atoms with Crippen LogP contribution in [-0.2, 0) is 0 Å². The van der Waals surface area contributed by atoms with Gasteiger partial charge in [-0.05, 0) is 30.3 Å². The van der Waals surface area contributed by atoms with Crippen molar-refractivity contribution in [2.24, 2.45) is 5.84 Å². The normalized spacial score (nSPS) is 9.90. The van der Waals surface area contributed by atoms with Gasteiger partial charge in [0.1, 0.15) is 5.82 Å². The lowest BCUT2D eigenvalue weighted by atomic mass is 10.1. The van der Waals surface area contributed by atoms with Crippen LogP contribution in [0, 0.1) is 5.82 Å². The van der Waals surface area contributed by atoms with Gasteiger partial charge in [0.05, 0.1) is 5.56 Å². The van der Waals surface area contributed by atoms with Crippen molar-refractivity contribution in [2.75, 3.05) is 5.32 Å². The first kappa shape index (κ1) is 13.7. The van der Waals surface area contributed by atoms with E-state index in [-0.39, 0.29) is 17.2 Å². The number of hydrazine groups is 1. The molecule has 0 saturated heterocycles. The number of nitrogens with one attached hydrogen (secondary N) is 2. The topological polar surface area (TPSA) is 84.2 Å². The molecule has 0 radical (unpaired) electrons. The monoisotopic (exact) mass is 273 g/mol. The predicted octanol–water partition coefficient (Wildman–Crippen LogP) is 1.68. The van der Waals surface area contributed by atoms with Crippen LogP contribution in [0.25, 0.3) is 0 Å². The largest absolute Gasteiger partial charge is 0.322 e. The number of nitrogen functional groups attached to an aromatic ring is 1. The van der Waals surface area contributed by atoms with E-state index in [0.717, 1.165) is 6.07 Å². The summed E-state index contributed by atoms with van der Waals surface area (Å²) in [6.45, 7) is 0. The Morgan fingerprint density at radius 2 is 1.70 bits per heavy atom. The molecule has 0 saturated carbocycles. The van der Waals surface area contributed by atoms with Crippen LogP contribution >= 0.6 is 0 Å². The quantitative estimate of drug-likeness (QED) is 0.452. The fourth-order valence-corrected chi connectivity index (χ4v) is 1.65. The van der Waals surface area contributed by atoms with E-state index in [1.165, 1.54) is 12.1 Å². The van der Waals surface area contributed by atoms with Crippen molar-refractivity contribution in [1.82, 2.24) is 5.43 Å². The third kappa shape index (κ3) is 2.99. The standard InChI is InChI=1S/C14H12FN3O2/c15-12-8-10(6-7-11(12)14(20)18-16)17-13(19)9-4-2-1-3-5-9/h1-8H,16H2,(H,17,19)(H,18,20). The molecule has 0 unspecified atom stereocenters. The van der Waals surface area contributed by atoms with Crippen molar-refractivity contribution in [3.05, 3.63) is 65.5 Å². The number of carbonyl (C=O) groups excluding carboxylic acids is 2. The number of hydrogen-bond acceptors (Lipinski definition) is 3. The maximum absolute atomic E-state index is 13.7. The molecule has 2 amide bonds. The van der Waals surface area contributed by atoms with Crippen LogP contribution in [0.4, 0.5) is 10.1 Å². The van der Waals surface area contributed by atoms with Crippen molar-refractivity contribution in [1.29, 1.82) is 0 Å². The van der Waals surface area contributed by atoms with Gasteiger partial charge >= 0.3 is 0 Å².